The summed E-state index contributed by atoms with van der Waals surface area (Å²) in [5.74, 6) is 2.33. The molecule has 12 rings (SSSR count). The van der Waals surface area contributed by atoms with E-state index < -0.39 is 0 Å². The lowest BCUT2D eigenvalue weighted by molar-refractivity contribution is 0.620. The van der Waals surface area contributed by atoms with E-state index in [0.717, 1.165) is 50.2 Å². The maximum absolute atomic E-state index is 6.46. The first-order chi connectivity index (χ1) is 29.2. The fraction of sp³-hybridized carbons (Fsp3) is 0. The van der Waals surface area contributed by atoms with Gasteiger partial charge >= 0.3 is 0 Å². The van der Waals surface area contributed by atoms with Gasteiger partial charge in [0.25, 0.3) is 0 Å². The molecule has 0 amide bonds. The molecule has 276 valence electrons. The van der Waals surface area contributed by atoms with Crippen LogP contribution in [0.2, 0.25) is 0 Å². The van der Waals surface area contributed by atoms with Crippen molar-refractivity contribution in [2.45, 2.75) is 0 Å². The molecule has 0 unspecified atom stereocenters. The van der Waals surface area contributed by atoms with E-state index in [4.69, 9.17) is 24.4 Å². The molecule has 8 aromatic carbocycles. The standard InChI is InChI=1S/C52H32N6O/c1-4-14-33(15-5-1)49-54-50(34-16-6-2-7-17-34)56-51(55-49)36-26-29-43-48(30-36)59-52(53-43)35-24-27-38(28-25-35)58-45-23-13-11-21-40(45)42-31-41-39-20-10-12-22-44(39)57(46(41)32-47(42)58)37-18-8-3-9-19-37/h1-32H. The summed E-state index contributed by atoms with van der Waals surface area (Å²) in [6, 6.07) is 67.0. The Hall–Kier alpha value is -8.16. The number of benzene rings is 8. The molecule has 0 saturated carbocycles. The second-order valence-electron chi connectivity index (χ2n) is 14.7. The summed E-state index contributed by atoms with van der Waals surface area (Å²) in [6.07, 6.45) is 0. The molecule has 7 heteroatoms. The van der Waals surface area contributed by atoms with Crippen LogP contribution in [0, 0.1) is 0 Å². The quantitative estimate of drug-likeness (QED) is 0.169. The number of para-hydroxylation sites is 3. The summed E-state index contributed by atoms with van der Waals surface area (Å²) in [6.45, 7) is 0. The summed E-state index contributed by atoms with van der Waals surface area (Å²) in [7, 11) is 0. The lowest BCUT2D eigenvalue weighted by Gasteiger charge is -2.10. The molecule has 4 heterocycles. The minimum Gasteiger partial charge on any atom is -0.436 e. The summed E-state index contributed by atoms with van der Waals surface area (Å²) < 4.78 is 11.2. The predicted octanol–water partition coefficient (Wildman–Crippen LogP) is 12.9. The Kier molecular flexibility index (Phi) is 7.40. The molecule has 0 aliphatic heterocycles. The molecule has 0 aliphatic rings. The summed E-state index contributed by atoms with van der Waals surface area (Å²) >= 11 is 0. The topological polar surface area (TPSA) is 74.6 Å². The van der Waals surface area contributed by atoms with Gasteiger partial charge in [0.05, 0.1) is 22.1 Å². The van der Waals surface area contributed by atoms with E-state index in [-0.39, 0.29) is 0 Å². The van der Waals surface area contributed by atoms with Crippen LogP contribution in [0.5, 0.6) is 0 Å². The predicted molar refractivity (Wildman–Crippen MR) is 238 cm³/mol. The Bertz CT molecular complexity index is 3480. The zero-order valence-corrected chi connectivity index (χ0v) is 31.6. The van der Waals surface area contributed by atoms with E-state index in [1.165, 1.54) is 32.6 Å². The van der Waals surface area contributed by atoms with Crippen molar-refractivity contribution in [1.82, 2.24) is 29.1 Å². The first-order valence-corrected chi connectivity index (χ1v) is 19.6. The Morgan fingerprint density at radius 2 is 0.797 bits per heavy atom. The van der Waals surface area contributed by atoms with Gasteiger partial charge in [0.2, 0.25) is 5.89 Å². The fourth-order valence-electron chi connectivity index (χ4n) is 8.44. The largest absolute Gasteiger partial charge is 0.436 e. The Balaban J connectivity index is 0.949. The van der Waals surface area contributed by atoms with Crippen LogP contribution in [-0.2, 0) is 0 Å². The van der Waals surface area contributed by atoms with Crippen molar-refractivity contribution in [2.75, 3.05) is 0 Å². The van der Waals surface area contributed by atoms with Gasteiger partial charge < -0.3 is 13.6 Å². The Labute approximate surface area is 338 Å². The number of oxazole rings is 1. The van der Waals surface area contributed by atoms with E-state index >= 15 is 0 Å². The molecule has 0 fully saturated rings. The normalized spacial score (nSPS) is 11.7. The smallest absolute Gasteiger partial charge is 0.227 e. The van der Waals surface area contributed by atoms with Crippen LogP contribution in [-0.4, -0.2) is 29.1 Å². The first-order valence-electron chi connectivity index (χ1n) is 19.6. The molecule has 0 atom stereocenters. The van der Waals surface area contributed by atoms with Crippen molar-refractivity contribution in [3.8, 4) is 57.0 Å². The molecular formula is C52H32N6O. The maximum Gasteiger partial charge on any atom is 0.227 e. The van der Waals surface area contributed by atoms with E-state index in [1.807, 2.05) is 78.9 Å². The van der Waals surface area contributed by atoms with Crippen LogP contribution in [0.3, 0.4) is 0 Å². The molecule has 0 aliphatic carbocycles. The van der Waals surface area contributed by atoms with Crippen LogP contribution in [0.4, 0.5) is 0 Å². The molecule has 0 radical (unpaired) electrons. The average Bonchev–Trinajstić information content (AvgIpc) is 3.99. The first kappa shape index (κ1) is 33.0. The van der Waals surface area contributed by atoms with Crippen LogP contribution in [0.15, 0.2) is 199 Å². The van der Waals surface area contributed by atoms with Gasteiger partial charge in [-0.25, -0.2) is 19.9 Å². The third kappa shape index (κ3) is 5.44. The van der Waals surface area contributed by atoms with Crippen molar-refractivity contribution < 1.29 is 4.42 Å². The zero-order chi connectivity index (χ0) is 38.9. The van der Waals surface area contributed by atoms with Gasteiger partial charge in [-0.2, -0.15) is 0 Å². The summed E-state index contributed by atoms with van der Waals surface area (Å²) in [5, 5.41) is 4.90. The highest BCUT2D eigenvalue weighted by Crippen LogP contribution is 2.40. The maximum atomic E-state index is 6.46. The van der Waals surface area contributed by atoms with Crippen molar-refractivity contribution in [1.29, 1.82) is 0 Å². The van der Waals surface area contributed by atoms with Crippen molar-refractivity contribution >= 4 is 54.7 Å². The van der Waals surface area contributed by atoms with Crippen molar-refractivity contribution in [3.05, 3.63) is 194 Å². The van der Waals surface area contributed by atoms with Crippen LogP contribution < -0.4 is 0 Å². The molecule has 12 aromatic rings. The summed E-state index contributed by atoms with van der Waals surface area (Å²) in [4.78, 5) is 19.6. The van der Waals surface area contributed by atoms with Crippen molar-refractivity contribution in [3.63, 3.8) is 0 Å². The highest BCUT2D eigenvalue weighted by molar-refractivity contribution is 6.19. The van der Waals surface area contributed by atoms with Gasteiger partial charge in [-0.15, -0.1) is 0 Å². The second-order valence-corrected chi connectivity index (χ2v) is 14.7. The number of fused-ring (bicyclic) bond motifs is 7. The molecule has 0 spiro atoms. The van der Waals surface area contributed by atoms with E-state index in [0.29, 0.717) is 28.9 Å². The van der Waals surface area contributed by atoms with Crippen LogP contribution in [0.25, 0.3) is 112 Å². The molecule has 59 heavy (non-hydrogen) atoms. The Morgan fingerprint density at radius 3 is 1.37 bits per heavy atom. The monoisotopic (exact) mass is 756 g/mol. The lowest BCUT2D eigenvalue weighted by Crippen LogP contribution is -2.00. The van der Waals surface area contributed by atoms with Gasteiger partial charge in [0.15, 0.2) is 23.1 Å². The van der Waals surface area contributed by atoms with Crippen molar-refractivity contribution in [2.24, 2.45) is 0 Å². The van der Waals surface area contributed by atoms with Gasteiger partial charge in [-0.05, 0) is 78.9 Å². The van der Waals surface area contributed by atoms with Gasteiger partial charge in [-0.1, -0.05) is 115 Å². The lowest BCUT2D eigenvalue weighted by atomic mass is 10.1. The third-order valence-corrected chi connectivity index (χ3v) is 11.2. The van der Waals surface area contributed by atoms with E-state index in [1.54, 1.807) is 0 Å². The number of hydrogen-bond acceptors (Lipinski definition) is 5. The number of hydrogen-bond donors (Lipinski definition) is 0. The molecule has 0 N–H and O–H groups in total. The highest BCUT2D eigenvalue weighted by Gasteiger charge is 2.19. The highest BCUT2D eigenvalue weighted by atomic mass is 16.3. The van der Waals surface area contributed by atoms with E-state index in [2.05, 4.69) is 124 Å². The minimum absolute atomic E-state index is 0.547. The summed E-state index contributed by atoms with van der Waals surface area (Å²) in [5.41, 5.74) is 11.8. The average molecular weight is 757 g/mol. The molecule has 7 nitrogen and oxygen atoms in total. The molecular weight excluding hydrogens is 725 g/mol. The number of aromatic nitrogens is 6. The molecule has 0 bridgehead atoms. The zero-order valence-electron chi connectivity index (χ0n) is 31.6. The van der Waals surface area contributed by atoms with Gasteiger partial charge in [0, 0.05) is 55.2 Å². The minimum atomic E-state index is 0.547. The SMILES string of the molecule is c1ccc(-c2nc(-c3ccccc3)nc(-c3ccc4nc(-c5ccc(-n6c7ccccc7c7cc8c9ccccc9n(-c9ccccc9)c8cc76)cc5)oc4c3)n2)cc1. The van der Waals surface area contributed by atoms with E-state index in [9.17, 15) is 0 Å². The Morgan fingerprint density at radius 1 is 0.322 bits per heavy atom. The molecule has 4 aromatic heterocycles. The number of rotatable bonds is 6. The van der Waals surface area contributed by atoms with Crippen LogP contribution >= 0.6 is 0 Å². The van der Waals surface area contributed by atoms with Gasteiger partial charge in [0.1, 0.15) is 5.52 Å². The van der Waals surface area contributed by atoms with Crippen LogP contribution in [0.1, 0.15) is 0 Å². The number of nitrogens with zero attached hydrogens (tertiary/aromatic N) is 6. The van der Waals surface area contributed by atoms with Gasteiger partial charge in [-0.3, -0.25) is 0 Å². The fourth-order valence-corrected chi connectivity index (χ4v) is 8.44. The second kappa shape index (κ2) is 13.2. The third-order valence-electron chi connectivity index (χ3n) is 11.2. The molecule has 0 saturated heterocycles.